The van der Waals surface area contributed by atoms with E-state index in [0.29, 0.717) is 5.56 Å². The summed E-state index contributed by atoms with van der Waals surface area (Å²) < 4.78 is 0. The Labute approximate surface area is 113 Å². The molecule has 0 aliphatic rings. The smallest absolute Gasteiger partial charge is 0.258 e. The van der Waals surface area contributed by atoms with E-state index in [0.717, 1.165) is 19.3 Å². The van der Waals surface area contributed by atoms with Crippen LogP contribution in [0.3, 0.4) is 0 Å². The second kappa shape index (κ2) is 8.55. The van der Waals surface area contributed by atoms with Gasteiger partial charge in [0.15, 0.2) is 0 Å². The second-order valence-corrected chi connectivity index (χ2v) is 3.83. The van der Waals surface area contributed by atoms with Crippen LogP contribution in [0.4, 0.5) is 5.69 Å². The van der Waals surface area contributed by atoms with Gasteiger partial charge in [-0.25, -0.2) is 0 Å². The van der Waals surface area contributed by atoms with Gasteiger partial charge in [0.25, 0.3) is 5.69 Å². The van der Waals surface area contributed by atoms with E-state index in [1.54, 1.807) is 24.3 Å². The van der Waals surface area contributed by atoms with Crippen LogP contribution in [-0.4, -0.2) is 4.92 Å². The molecule has 0 saturated heterocycles. The summed E-state index contributed by atoms with van der Waals surface area (Å²) in [5.41, 5.74) is 0.674. The molecule has 1 aromatic carbocycles. The minimum atomic E-state index is -0.430. The normalized spacial score (nSPS) is 9.32. The van der Waals surface area contributed by atoms with Crippen molar-refractivity contribution >= 4 is 5.69 Å². The predicted octanol–water partition coefficient (Wildman–Crippen LogP) is 3.70. The molecule has 0 saturated carbocycles. The first-order valence-electron chi connectivity index (χ1n) is 6.13. The summed E-state index contributed by atoms with van der Waals surface area (Å²) >= 11 is 0. The van der Waals surface area contributed by atoms with Crippen LogP contribution in [0.1, 0.15) is 31.7 Å². The van der Waals surface area contributed by atoms with Crippen LogP contribution in [0.15, 0.2) is 36.4 Å². The van der Waals surface area contributed by atoms with E-state index in [1.807, 2.05) is 0 Å². The third kappa shape index (κ3) is 6.10. The number of hydrogen-bond donors (Lipinski definition) is 0. The summed E-state index contributed by atoms with van der Waals surface area (Å²) in [7, 11) is 0. The SMILES string of the molecule is CCCCC#CC=CC#Cc1cccc([N+](=O)[O-])c1. The molecule has 0 fully saturated rings. The molecule has 0 aliphatic heterocycles. The quantitative estimate of drug-likeness (QED) is 0.357. The minimum absolute atomic E-state index is 0.0511. The van der Waals surface area contributed by atoms with Gasteiger partial charge in [-0.05, 0) is 24.6 Å². The maximum atomic E-state index is 10.6. The summed E-state index contributed by atoms with van der Waals surface area (Å²) in [5, 5.41) is 10.6. The highest BCUT2D eigenvalue weighted by molar-refractivity contribution is 5.44. The lowest BCUT2D eigenvalue weighted by Gasteiger charge is -1.90. The molecule has 96 valence electrons. The van der Waals surface area contributed by atoms with E-state index in [4.69, 9.17) is 0 Å². The fourth-order valence-corrected chi connectivity index (χ4v) is 1.30. The third-order valence-corrected chi connectivity index (χ3v) is 2.28. The Morgan fingerprint density at radius 3 is 2.84 bits per heavy atom. The first kappa shape index (κ1) is 14.5. The van der Waals surface area contributed by atoms with Crippen molar-refractivity contribution in [1.29, 1.82) is 0 Å². The number of unbranched alkanes of at least 4 members (excludes halogenated alkanes) is 2. The average Bonchev–Trinajstić information content (AvgIpc) is 2.42. The van der Waals surface area contributed by atoms with Gasteiger partial charge in [0, 0.05) is 24.1 Å². The average molecular weight is 253 g/mol. The maximum absolute atomic E-state index is 10.6. The van der Waals surface area contributed by atoms with Crippen molar-refractivity contribution in [3.8, 4) is 23.7 Å². The number of nitro benzene ring substituents is 1. The van der Waals surface area contributed by atoms with Gasteiger partial charge in [-0.15, -0.1) is 0 Å². The predicted molar refractivity (Wildman–Crippen MR) is 76.4 cm³/mol. The highest BCUT2D eigenvalue weighted by Crippen LogP contribution is 2.11. The largest absolute Gasteiger partial charge is 0.270 e. The van der Waals surface area contributed by atoms with E-state index < -0.39 is 4.92 Å². The van der Waals surface area contributed by atoms with Crippen LogP contribution in [0, 0.1) is 33.8 Å². The van der Waals surface area contributed by atoms with Crippen molar-refractivity contribution in [3.63, 3.8) is 0 Å². The summed E-state index contributed by atoms with van der Waals surface area (Å²) in [6.45, 7) is 2.13. The van der Waals surface area contributed by atoms with Crippen molar-refractivity contribution in [2.75, 3.05) is 0 Å². The zero-order valence-corrected chi connectivity index (χ0v) is 10.8. The van der Waals surface area contributed by atoms with Gasteiger partial charge in [-0.3, -0.25) is 10.1 Å². The topological polar surface area (TPSA) is 43.1 Å². The Bertz CT molecular complexity index is 580. The van der Waals surface area contributed by atoms with E-state index in [2.05, 4.69) is 30.6 Å². The Morgan fingerprint density at radius 1 is 1.32 bits per heavy atom. The van der Waals surface area contributed by atoms with Gasteiger partial charge in [-0.2, -0.15) is 0 Å². The lowest BCUT2D eigenvalue weighted by molar-refractivity contribution is -0.384. The summed E-state index contributed by atoms with van der Waals surface area (Å²) in [6, 6.07) is 6.26. The van der Waals surface area contributed by atoms with Crippen LogP contribution in [0.2, 0.25) is 0 Å². The molecule has 1 rings (SSSR count). The fraction of sp³-hybridized carbons (Fsp3) is 0.250. The van der Waals surface area contributed by atoms with Crippen LogP contribution in [0.25, 0.3) is 0 Å². The number of non-ortho nitro benzene ring substituents is 1. The summed E-state index contributed by atoms with van der Waals surface area (Å²) in [5.74, 6) is 11.5. The Kier molecular flexibility index (Phi) is 6.55. The van der Waals surface area contributed by atoms with E-state index in [9.17, 15) is 10.1 Å². The number of nitrogens with zero attached hydrogens (tertiary/aromatic N) is 1. The molecular weight excluding hydrogens is 238 g/mol. The zero-order valence-electron chi connectivity index (χ0n) is 10.8. The van der Waals surface area contributed by atoms with Crippen molar-refractivity contribution < 1.29 is 4.92 Å². The van der Waals surface area contributed by atoms with Gasteiger partial charge < -0.3 is 0 Å². The molecule has 0 spiro atoms. The van der Waals surface area contributed by atoms with Gasteiger partial charge in [0.05, 0.1) is 4.92 Å². The highest BCUT2D eigenvalue weighted by Gasteiger charge is 2.03. The molecule has 3 nitrogen and oxygen atoms in total. The van der Waals surface area contributed by atoms with E-state index >= 15 is 0 Å². The molecule has 0 bridgehead atoms. The fourth-order valence-electron chi connectivity index (χ4n) is 1.30. The number of nitro groups is 1. The number of allylic oxidation sites excluding steroid dienone is 2. The molecule has 0 aromatic heterocycles. The van der Waals surface area contributed by atoms with Crippen molar-refractivity contribution in [2.24, 2.45) is 0 Å². The van der Waals surface area contributed by atoms with Crippen molar-refractivity contribution in [3.05, 3.63) is 52.1 Å². The van der Waals surface area contributed by atoms with Crippen LogP contribution >= 0.6 is 0 Å². The molecular formula is C16H15NO2. The van der Waals surface area contributed by atoms with Gasteiger partial charge in [-0.1, -0.05) is 43.1 Å². The highest BCUT2D eigenvalue weighted by atomic mass is 16.6. The van der Waals surface area contributed by atoms with Gasteiger partial charge in [0.2, 0.25) is 0 Å². The standard InChI is InChI=1S/C16H15NO2/c1-2-3-4-5-6-7-8-9-11-15-12-10-13-16(14-15)17(18)19/h7-8,10,12-14H,2-4H2,1H3. The Morgan fingerprint density at radius 2 is 2.11 bits per heavy atom. The molecule has 3 heteroatoms. The number of hydrogen-bond acceptors (Lipinski definition) is 2. The lowest BCUT2D eigenvalue weighted by Crippen LogP contribution is -1.87. The first-order valence-corrected chi connectivity index (χ1v) is 6.13. The van der Waals surface area contributed by atoms with Crippen LogP contribution in [-0.2, 0) is 0 Å². The van der Waals surface area contributed by atoms with Crippen LogP contribution < -0.4 is 0 Å². The molecule has 19 heavy (non-hydrogen) atoms. The number of rotatable bonds is 3. The second-order valence-electron chi connectivity index (χ2n) is 3.83. The molecule has 0 aliphatic carbocycles. The van der Waals surface area contributed by atoms with Gasteiger partial charge in [0.1, 0.15) is 0 Å². The Balaban J connectivity index is 2.58. The monoisotopic (exact) mass is 253 g/mol. The van der Waals surface area contributed by atoms with Crippen LogP contribution in [0.5, 0.6) is 0 Å². The van der Waals surface area contributed by atoms with Crippen molar-refractivity contribution in [2.45, 2.75) is 26.2 Å². The molecule has 0 unspecified atom stereocenters. The first-order chi connectivity index (χ1) is 9.24. The molecule has 1 aromatic rings. The zero-order chi connectivity index (χ0) is 13.9. The van der Waals surface area contributed by atoms with E-state index in [-0.39, 0.29) is 5.69 Å². The summed E-state index contributed by atoms with van der Waals surface area (Å²) in [6.07, 6.45) is 6.50. The molecule has 0 amide bonds. The molecule has 0 atom stereocenters. The molecule has 0 heterocycles. The molecule has 0 radical (unpaired) electrons. The van der Waals surface area contributed by atoms with Crippen molar-refractivity contribution in [1.82, 2.24) is 0 Å². The molecule has 0 N–H and O–H groups in total. The minimum Gasteiger partial charge on any atom is -0.258 e. The number of benzene rings is 1. The maximum Gasteiger partial charge on any atom is 0.270 e. The van der Waals surface area contributed by atoms with E-state index in [1.165, 1.54) is 12.1 Å². The summed E-state index contributed by atoms with van der Waals surface area (Å²) in [4.78, 5) is 10.1. The van der Waals surface area contributed by atoms with Gasteiger partial charge >= 0.3 is 0 Å². The lowest BCUT2D eigenvalue weighted by atomic mass is 10.2. The third-order valence-electron chi connectivity index (χ3n) is 2.28. The Hall–Kier alpha value is -2.52.